The Labute approximate surface area is 90.0 Å². The minimum absolute atomic E-state index is 0.0832. The van der Waals surface area contributed by atoms with Crippen molar-refractivity contribution >= 4 is 5.91 Å². The van der Waals surface area contributed by atoms with Crippen molar-refractivity contribution in [1.82, 2.24) is 4.57 Å². The zero-order chi connectivity index (χ0) is 11.4. The summed E-state index contributed by atoms with van der Waals surface area (Å²) in [6.45, 7) is 7.13. The predicted molar refractivity (Wildman–Crippen MR) is 58.8 cm³/mol. The van der Waals surface area contributed by atoms with Crippen molar-refractivity contribution < 1.29 is 9.53 Å². The molecular weight excluding hydrogens is 192 g/mol. The van der Waals surface area contributed by atoms with Gasteiger partial charge in [0.15, 0.2) is 0 Å². The van der Waals surface area contributed by atoms with Crippen LogP contribution in [0.15, 0.2) is 12.3 Å². The predicted octanol–water partition coefficient (Wildman–Crippen LogP) is 1.32. The first-order valence-corrected chi connectivity index (χ1v) is 5.13. The first-order chi connectivity index (χ1) is 7.06. The minimum atomic E-state index is -0.388. The van der Waals surface area contributed by atoms with E-state index in [0.29, 0.717) is 18.8 Å². The number of amides is 1. The number of hydrogen-bond acceptors (Lipinski definition) is 2. The lowest BCUT2D eigenvalue weighted by molar-refractivity contribution is 0.0632. The largest absolute Gasteiger partial charge is 0.377 e. The Kier molecular flexibility index (Phi) is 3.91. The molecule has 0 fully saturated rings. The Morgan fingerprint density at radius 3 is 2.87 bits per heavy atom. The molecule has 1 atom stereocenters. The van der Waals surface area contributed by atoms with Crippen LogP contribution in [0.4, 0.5) is 0 Å². The fourth-order valence-corrected chi connectivity index (χ4v) is 1.68. The normalized spacial score (nSPS) is 12.7. The molecule has 0 aliphatic carbocycles. The van der Waals surface area contributed by atoms with Crippen LogP contribution < -0.4 is 5.73 Å². The molecule has 4 nitrogen and oxygen atoms in total. The van der Waals surface area contributed by atoms with Gasteiger partial charge in [-0.25, -0.2) is 0 Å². The summed E-state index contributed by atoms with van der Waals surface area (Å²) < 4.78 is 7.26. The summed E-state index contributed by atoms with van der Waals surface area (Å²) in [6, 6.07) is 1.89. The van der Waals surface area contributed by atoms with Crippen molar-refractivity contribution in [2.75, 3.05) is 6.61 Å². The standard InChI is InChI=1S/C11H18N2O2/c1-4-15-9(3)7-13-6-5-8(2)10(13)11(12)14/h5-6,9H,4,7H2,1-3H3,(H2,12,14). The van der Waals surface area contributed by atoms with Gasteiger partial charge in [0.25, 0.3) is 5.91 Å². The quantitative estimate of drug-likeness (QED) is 0.796. The van der Waals surface area contributed by atoms with E-state index in [-0.39, 0.29) is 12.0 Å². The van der Waals surface area contributed by atoms with Crippen molar-refractivity contribution in [2.45, 2.75) is 33.4 Å². The van der Waals surface area contributed by atoms with Crippen LogP contribution in [0.1, 0.15) is 29.9 Å². The fourth-order valence-electron chi connectivity index (χ4n) is 1.68. The molecule has 0 aliphatic heterocycles. The maximum absolute atomic E-state index is 11.2. The minimum Gasteiger partial charge on any atom is -0.377 e. The third-order valence-corrected chi connectivity index (χ3v) is 2.30. The topological polar surface area (TPSA) is 57.2 Å². The Bertz CT molecular complexity index is 344. The van der Waals surface area contributed by atoms with E-state index in [9.17, 15) is 4.79 Å². The summed E-state index contributed by atoms with van der Waals surface area (Å²) in [5, 5.41) is 0. The van der Waals surface area contributed by atoms with Crippen LogP contribution in [0.2, 0.25) is 0 Å². The Morgan fingerprint density at radius 1 is 1.67 bits per heavy atom. The molecule has 2 N–H and O–H groups in total. The van der Waals surface area contributed by atoms with E-state index in [2.05, 4.69) is 0 Å². The van der Waals surface area contributed by atoms with Gasteiger partial charge in [0.1, 0.15) is 5.69 Å². The van der Waals surface area contributed by atoms with Crippen LogP contribution in [0.25, 0.3) is 0 Å². The van der Waals surface area contributed by atoms with Crippen molar-refractivity contribution in [3.63, 3.8) is 0 Å². The molecule has 0 radical (unpaired) electrons. The molecule has 15 heavy (non-hydrogen) atoms. The highest BCUT2D eigenvalue weighted by atomic mass is 16.5. The molecule has 0 aromatic carbocycles. The van der Waals surface area contributed by atoms with E-state index in [0.717, 1.165) is 5.56 Å². The number of hydrogen-bond donors (Lipinski definition) is 1. The van der Waals surface area contributed by atoms with E-state index in [1.807, 2.05) is 37.6 Å². The average molecular weight is 210 g/mol. The molecule has 1 unspecified atom stereocenters. The van der Waals surface area contributed by atoms with Crippen LogP contribution in [0.3, 0.4) is 0 Å². The third-order valence-electron chi connectivity index (χ3n) is 2.30. The van der Waals surface area contributed by atoms with Crippen LogP contribution in [-0.4, -0.2) is 23.2 Å². The molecule has 0 bridgehead atoms. The summed E-state index contributed by atoms with van der Waals surface area (Å²) in [4.78, 5) is 11.2. The summed E-state index contributed by atoms with van der Waals surface area (Å²) in [5.41, 5.74) is 6.79. The smallest absolute Gasteiger partial charge is 0.265 e. The zero-order valence-electron chi connectivity index (χ0n) is 9.49. The lowest BCUT2D eigenvalue weighted by atomic mass is 10.2. The highest BCUT2D eigenvalue weighted by Crippen LogP contribution is 2.10. The van der Waals surface area contributed by atoms with Gasteiger partial charge in [0.2, 0.25) is 0 Å². The Morgan fingerprint density at radius 2 is 2.33 bits per heavy atom. The number of primary amides is 1. The van der Waals surface area contributed by atoms with Gasteiger partial charge in [-0.05, 0) is 32.4 Å². The summed E-state index contributed by atoms with van der Waals surface area (Å²) in [5.74, 6) is -0.388. The van der Waals surface area contributed by atoms with Gasteiger partial charge in [0, 0.05) is 19.3 Å². The number of nitrogens with two attached hydrogens (primary N) is 1. The number of carbonyl (C=O) groups is 1. The van der Waals surface area contributed by atoms with Gasteiger partial charge in [0.05, 0.1) is 6.10 Å². The SMILES string of the molecule is CCOC(C)Cn1ccc(C)c1C(N)=O. The molecule has 1 heterocycles. The van der Waals surface area contributed by atoms with Gasteiger partial charge in [-0.15, -0.1) is 0 Å². The molecule has 1 rings (SSSR count). The molecular formula is C11H18N2O2. The summed E-state index contributed by atoms with van der Waals surface area (Å²) >= 11 is 0. The lowest BCUT2D eigenvalue weighted by Crippen LogP contribution is -2.23. The first-order valence-electron chi connectivity index (χ1n) is 5.13. The molecule has 0 saturated heterocycles. The van der Waals surface area contributed by atoms with E-state index < -0.39 is 0 Å². The highest BCUT2D eigenvalue weighted by Gasteiger charge is 2.13. The fraction of sp³-hybridized carbons (Fsp3) is 0.545. The highest BCUT2D eigenvalue weighted by molar-refractivity contribution is 5.92. The molecule has 84 valence electrons. The van der Waals surface area contributed by atoms with E-state index >= 15 is 0 Å². The molecule has 1 aromatic heterocycles. The van der Waals surface area contributed by atoms with Crippen molar-refractivity contribution in [3.05, 3.63) is 23.5 Å². The number of rotatable bonds is 5. The second-order valence-corrected chi connectivity index (χ2v) is 3.63. The van der Waals surface area contributed by atoms with Crippen LogP contribution >= 0.6 is 0 Å². The van der Waals surface area contributed by atoms with Crippen LogP contribution in [-0.2, 0) is 11.3 Å². The zero-order valence-corrected chi connectivity index (χ0v) is 9.49. The van der Waals surface area contributed by atoms with Gasteiger partial charge < -0.3 is 15.0 Å². The number of aromatic nitrogens is 1. The maximum Gasteiger partial charge on any atom is 0.265 e. The molecule has 1 aromatic rings. The van der Waals surface area contributed by atoms with Crippen molar-refractivity contribution in [3.8, 4) is 0 Å². The third kappa shape index (κ3) is 2.83. The van der Waals surface area contributed by atoms with E-state index in [1.54, 1.807) is 0 Å². The first kappa shape index (κ1) is 11.8. The van der Waals surface area contributed by atoms with Crippen LogP contribution in [0.5, 0.6) is 0 Å². The lowest BCUT2D eigenvalue weighted by Gasteiger charge is -2.14. The Hall–Kier alpha value is -1.29. The number of carbonyl (C=O) groups excluding carboxylic acids is 1. The monoisotopic (exact) mass is 210 g/mol. The molecule has 1 amide bonds. The van der Waals surface area contributed by atoms with Crippen molar-refractivity contribution in [1.29, 1.82) is 0 Å². The summed E-state index contributed by atoms with van der Waals surface area (Å²) in [7, 11) is 0. The average Bonchev–Trinajstić information content (AvgIpc) is 2.47. The van der Waals surface area contributed by atoms with E-state index in [4.69, 9.17) is 10.5 Å². The van der Waals surface area contributed by atoms with Crippen molar-refractivity contribution in [2.24, 2.45) is 5.73 Å². The van der Waals surface area contributed by atoms with Crippen LogP contribution in [0, 0.1) is 6.92 Å². The van der Waals surface area contributed by atoms with Gasteiger partial charge in [-0.3, -0.25) is 4.79 Å². The van der Waals surface area contributed by atoms with Gasteiger partial charge in [-0.1, -0.05) is 0 Å². The molecule has 0 aliphatic rings. The number of aryl methyl sites for hydroxylation is 1. The number of ether oxygens (including phenoxy) is 1. The van der Waals surface area contributed by atoms with E-state index in [1.165, 1.54) is 0 Å². The molecule has 0 spiro atoms. The second kappa shape index (κ2) is 4.98. The molecule has 4 heteroatoms. The number of nitrogens with zero attached hydrogens (tertiary/aromatic N) is 1. The second-order valence-electron chi connectivity index (χ2n) is 3.63. The molecule has 0 saturated carbocycles. The maximum atomic E-state index is 11.2. The Balaban J connectivity index is 2.81. The van der Waals surface area contributed by atoms with Gasteiger partial charge >= 0.3 is 0 Å². The van der Waals surface area contributed by atoms with Gasteiger partial charge in [-0.2, -0.15) is 0 Å². The summed E-state index contributed by atoms with van der Waals surface area (Å²) in [6.07, 6.45) is 1.95.